The molecule has 0 bridgehead atoms. The molecule has 96 valence electrons. The van der Waals surface area contributed by atoms with Crippen molar-refractivity contribution in [2.75, 3.05) is 13.2 Å². The number of aliphatic hydroxyl groups is 1. The summed E-state index contributed by atoms with van der Waals surface area (Å²) in [5, 5.41) is 32.0. The van der Waals surface area contributed by atoms with Crippen molar-refractivity contribution in [3.63, 3.8) is 0 Å². The topological polar surface area (TPSA) is 136 Å². The first-order valence-electron chi connectivity index (χ1n) is 4.79. The minimum Gasteiger partial charge on any atom is -0.395 e. The van der Waals surface area contributed by atoms with E-state index >= 15 is 0 Å². The summed E-state index contributed by atoms with van der Waals surface area (Å²) >= 11 is 0. The summed E-state index contributed by atoms with van der Waals surface area (Å²) in [5.41, 5.74) is -1.52. The largest absolute Gasteiger partial charge is 0.395 e. The number of nitrogens with zero attached hydrogens (tertiary/aromatic N) is 2. The van der Waals surface area contributed by atoms with Crippen molar-refractivity contribution in [2.45, 2.75) is 0 Å². The van der Waals surface area contributed by atoms with E-state index in [-0.39, 0.29) is 18.7 Å². The van der Waals surface area contributed by atoms with E-state index in [0.29, 0.717) is 0 Å². The minimum atomic E-state index is -0.930. The molecule has 0 saturated heterocycles. The van der Waals surface area contributed by atoms with Crippen LogP contribution in [-0.4, -0.2) is 34.0 Å². The lowest BCUT2D eigenvalue weighted by Gasteiger charge is -2.03. The van der Waals surface area contributed by atoms with Crippen LogP contribution in [0.15, 0.2) is 18.2 Å². The Labute approximate surface area is 100 Å². The molecule has 0 atom stereocenters. The zero-order chi connectivity index (χ0) is 13.7. The van der Waals surface area contributed by atoms with Gasteiger partial charge in [0.05, 0.1) is 16.5 Å². The molecule has 1 aromatic rings. The van der Waals surface area contributed by atoms with Gasteiger partial charge in [0.2, 0.25) is 0 Å². The second-order valence-corrected chi connectivity index (χ2v) is 3.20. The molecule has 1 aromatic carbocycles. The highest BCUT2D eigenvalue weighted by molar-refractivity contribution is 5.95. The molecule has 9 nitrogen and oxygen atoms in total. The molecular weight excluding hydrogens is 246 g/mol. The van der Waals surface area contributed by atoms with Crippen molar-refractivity contribution >= 4 is 17.3 Å². The van der Waals surface area contributed by atoms with E-state index < -0.39 is 27.1 Å². The maximum absolute atomic E-state index is 11.4. The van der Waals surface area contributed by atoms with E-state index in [2.05, 4.69) is 5.32 Å². The number of aliphatic hydroxyl groups excluding tert-OH is 1. The van der Waals surface area contributed by atoms with Crippen LogP contribution in [0.4, 0.5) is 11.4 Å². The minimum absolute atomic E-state index is 0.0103. The van der Waals surface area contributed by atoms with Gasteiger partial charge in [-0.3, -0.25) is 25.0 Å². The number of carbonyl (C=O) groups excluding carboxylic acids is 1. The fourth-order valence-corrected chi connectivity index (χ4v) is 1.24. The molecule has 0 saturated carbocycles. The molecular formula is C9H9N3O6. The summed E-state index contributed by atoms with van der Waals surface area (Å²) in [7, 11) is 0. The van der Waals surface area contributed by atoms with Gasteiger partial charge in [0.15, 0.2) is 0 Å². The highest BCUT2D eigenvalue weighted by Gasteiger charge is 2.25. The molecule has 9 heteroatoms. The highest BCUT2D eigenvalue weighted by atomic mass is 16.6. The van der Waals surface area contributed by atoms with Gasteiger partial charge in [-0.25, -0.2) is 0 Å². The number of nitrogens with one attached hydrogen (secondary N) is 1. The molecule has 0 radical (unpaired) electrons. The summed E-state index contributed by atoms with van der Waals surface area (Å²) in [5.74, 6) is -0.651. The second-order valence-electron chi connectivity index (χ2n) is 3.20. The first kappa shape index (κ1) is 13.5. The van der Waals surface area contributed by atoms with Crippen LogP contribution in [0.25, 0.3) is 0 Å². The predicted octanol–water partition coefficient (Wildman–Crippen LogP) is 0.225. The van der Waals surface area contributed by atoms with Gasteiger partial charge >= 0.3 is 11.4 Å². The number of amides is 1. The molecule has 18 heavy (non-hydrogen) atoms. The van der Waals surface area contributed by atoms with Crippen LogP contribution in [0.2, 0.25) is 0 Å². The van der Waals surface area contributed by atoms with E-state index in [9.17, 15) is 25.0 Å². The Morgan fingerprint density at radius 2 is 1.83 bits per heavy atom. The van der Waals surface area contributed by atoms with Crippen molar-refractivity contribution in [3.05, 3.63) is 44.0 Å². The quantitative estimate of drug-likeness (QED) is 0.570. The average molecular weight is 255 g/mol. The smallest absolute Gasteiger partial charge is 0.346 e. The Hall–Kier alpha value is -2.55. The number of hydrogen-bond donors (Lipinski definition) is 2. The van der Waals surface area contributed by atoms with Crippen LogP contribution in [0.5, 0.6) is 0 Å². The second kappa shape index (κ2) is 5.68. The van der Waals surface area contributed by atoms with Crippen molar-refractivity contribution < 1.29 is 19.7 Å². The maximum atomic E-state index is 11.4. The van der Waals surface area contributed by atoms with E-state index in [4.69, 9.17) is 5.11 Å². The van der Waals surface area contributed by atoms with E-state index in [0.717, 1.165) is 18.2 Å². The first-order valence-corrected chi connectivity index (χ1v) is 4.79. The van der Waals surface area contributed by atoms with Crippen LogP contribution in [-0.2, 0) is 0 Å². The predicted molar refractivity (Wildman–Crippen MR) is 59.2 cm³/mol. The van der Waals surface area contributed by atoms with Crippen molar-refractivity contribution in [1.29, 1.82) is 0 Å². The lowest BCUT2D eigenvalue weighted by molar-refractivity contribution is -0.422. The average Bonchev–Trinajstić information content (AvgIpc) is 2.34. The molecule has 0 aliphatic rings. The first-order chi connectivity index (χ1) is 8.47. The molecule has 2 N–H and O–H groups in total. The number of carbonyl (C=O) groups is 1. The molecule has 0 unspecified atom stereocenters. The summed E-state index contributed by atoms with van der Waals surface area (Å²) < 4.78 is 0. The normalized spacial score (nSPS) is 9.83. The van der Waals surface area contributed by atoms with Crippen molar-refractivity contribution in [1.82, 2.24) is 5.32 Å². The van der Waals surface area contributed by atoms with Gasteiger partial charge in [-0.15, -0.1) is 0 Å². The zero-order valence-corrected chi connectivity index (χ0v) is 9.03. The van der Waals surface area contributed by atoms with Gasteiger partial charge in [-0.05, 0) is 6.07 Å². The number of nitro groups is 2. The molecule has 0 spiro atoms. The monoisotopic (exact) mass is 255 g/mol. The van der Waals surface area contributed by atoms with Gasteiger partial charge in [-0.2, -0.15) is 0 Å². The van der Waals surface area contributed by atoms with Crippen molar-refractivity contribution in [2.24, 2.45) is 0 Å². The summed E-state index contributed by atoms with van der Waals surface area (Å²) in [6.45, 7) is -0.287. The van der Waals surface area contributed by atoms with Crippen LogP contribution < -0.4 is 5.32 Å². The molecule has 1 rings (SSSR count). The third-order valence-electron chi connectivity index (χ3n) is 2.03. The fraction of sp³-hybridized carbons (Fsp3) is 0.222. The van der Waals surface area contributed by atoms with E-state index in [1.165, 1.54) is 0 Å². The summed E-state index contributed by atoms with van der Waals surface area (Å²) in [6.07, 6.45) is 0. The maximum Gasteiger partial charge on any atom is 0.346 e. The Morgan fingerprint density at radius 1 is 1.22 bits per heavy atom. The van der Waals surface area contributed by atoms with Gasteiger partial charge in [0.1, 0.15) is 0 Å². The Kier molecular flexibility index (Phi) is 4.27. The highest BCUT2D eigenvalue weighted by Crippen LogP contribution is 2.27. The van der Waals surface area contributed by atoms with Crippen LogP contribution in [0, 0.1) is 20.2 Å². The molecule has 0 aliphatic carbocycles. The number of nitro benzene ring substituents is 2. The Balaban J connectivity index is 3.11. The molecule has 0 aliphatic heterocycles. The molecule has 1 amide bonds. The van der Waals surface area contributed by atoms with Crippen molar-refractivity contribution in [3.8, 4) is 0 Å². The molecule has 0 aromatic heterocycles. The number of rotatable bonds is 5. The molecule has 0 fully saturated rings. The summed E-state index contributed by atoms with van der Waals surface area (Å²) in [6, 6.07) is 2.83. The van der Waals surface area contributed by atoms with Crippen LogP contribution in [0.1, 0.15) is 10.4 Å². The van der Waals surface area contributed by atoms with Gasteiger partial charge in [0.25, 0.3) is 5.91 Å². The van der Waals surface area contributed by atoms with E-state index in [1.807, 2.05) is 0 Å². The number of benzene rings is 1. The Morgan fingerprint density at radius 3 is 2.33 bits per heavy atom. The van der Waals surface area contributed by atoms with Gasteiger partial charge in [-0.1, -0.05) is 0 Å². The zero-order valence-electron chi connectivity index (χ0n) is 9.03. The number of hydrogen-bond acceptors (Lipinski definition) is 6. The van der Waals surface area contributed by atoms with Crippen LogP contribution in [0.3, 0.4) is 0 Å². The standard InChI is InChI=1S/C9H9N3O6/c13-4-3-10-9(14)6-1-2-7(11(15)16)8(5-6)12(17)18/h1-2,5,13H,3-4H2,(H,10,14). The molecule has 0 heterocycles. The SMILES string of the molecule is O=C(NCCO)c1ccc([N+](=O)[O-])c([N+](=O)[O-])c1. The third-order valence-corrected chi connectivity index (χ3v) is 2.03. The lowest BCUT2D eigenvalue weighted by atomic mass is 10.1. The fourth-order valence-electron chi connectivity index (χ4n) is 1.24. The third kappa shape index (κ3) is 2.98. The lowest BCUT2D eigenvalue weighted by Crippen LogP contribution is -2.26. The van der Waals surface area contributed by atoms with E-state index in [1.54, 1.807) is 0 Å². The van der Waals surface area contributed by atoms with Gasteiger partial charge in [0, 0.05) is 24.2 Å². The van der Waals surface area contributed by atoms with Gasteiger partial charge < -0.3 is 10.4 Å². The Bertz CT molecular complexity index is 501. The van der Waals surface area contributed by atoms with Crippen LogP contribution >= 0.6 is 0 Å². The summed E-state index contributed by atoms with van der Waals surface area (Å²) in [4.78, 5) is 30.8.